The first-order valence-corrected chi connectivity index (χ1v) is 11.0. The summed E-state index contributed by atoms with van der Waals surface area (Å²) in [7, 11) is 0. The fourth-order valence-electron chi connectivity index (χ4n) is 4.19. The van der Waals surface area contributed by atoms with E-state index < -0.39 is 0 Å². The Morgan fingerprint density at radius 1 is 0.971 bits per heavy atom. The number of rotatable bonds is 5. The molecule has 1 amide bonds. The fraction of sp³-hybridized carbons (Fsp3) is 0.115. The molecule has 9 heteroatoms. The summed E-state index contributed by atoms with van der Waals surface area (Å²) in [5.41, 5.74) is 10.7. The predicted molar refractivity (Wildman–Crippen MR) is 129 cm³/mol. The van der Waals surface area contributed by atoms with E-state index in [0.29, 0.717) is 40.2 Å². The highest BCUT2D eigenvalue weighted by molar-refractivity contribution is 6.10. The summed E-state index contributed by atoms with van der Waals surface area (Å²) in [6.07, 6.45) is 0. The van der Waals surface area contributed by atoms with E-state index in [1.54, 1.807) is 16.7 Å². The number of anilines is 1. The van der Waals surface area contributed by atoms with Gasteiger partial charge in [-0.1, -0.05) is 30.3 Å². The fourth-order valence-corrected chi connectivity index (χ4v) is 4.19. The van der Waals surface area contributed by atoms with Gasteiger partial charge in [0.1, 0.15) is 22.7 Å². The monoisotopic (exact) mass is 469 g/mol. The van der Waals surface area contributed by atoms with Crippen LogP contribution in [0.15, 0.2) is 66.7 Å². The molecule has 1 aliphatic rings. The van der Waals surface area contributed by atoms with Gasteiger partial charge in [0.2, 0.25) is 6.79 Å². The van der Waals surface area contributed by atoms with Crippen molar-refractivity contribution in [3.8, 4) is 11.5 Å². The third kappa shape index (κ3) is 3.76. The van der Waals surface area contributed by atoms with Crippen LogP contribution in [0.25, 0.3) is 22.2 Å². The Hall–Kier alpha value is -4.66. The normalized spacial score (nSPS) is 12.4. The highest BCUT2D eigenvalue weighted by atomic mass is 19.1. The molecular formula is C26H20FN5O3. The second-order valence-electron chi connectivity index (χ2n) is 8.23. The van der Waals surface area contributed by atoms with Gasteiger partial charge in [-0.05, 0) is 47.5 Å². The van der Waals surface area contributed by atoms with Gasteiger partial charge in [0.15, 0.2) is 17.1 Å². The average molecular weight is 469 g/mol. The van der Waals surface area contributed by atoms with Gasteiger partial charge < -0.3 is 25.1 Å². The maximum Gasteiger partial charge on any atom is 0.257 e. The molecule has 3 heterocycles. The van der Waals surface area contributed by atoms with Crippen molar-refractivity contribution in [2.24, 2.45) is 0 Å². The molecule has 174 valence electrons. The SMILES string of the molecule is Nc1c(C(=O)NCc2ccc3c(c2)OCO3)c2nc3ccccc3nc2n1Cc1ccc(F)cc1. The van der Waals surface area contributed by atoms with Crippen molar-refractivity contribution < 1.29 is 18.7 Å². The molecule has 0 spiro atoms. The number of halogens is 1. The van der Waals surface area contributed by atoms with Crippen LogP contribution in [-0.4, -0.2) is 27.2 Å². The molecule has 2 aromatic heterocycles. The number of aromatic nitrogens is 3. The molecule has 6 rings (SSSR count). The van der Waals surface area contributed by atoms with Crippen molar-refractivity contribution in [1.82, 2.24) is 19.9 Å². The Labute approximate surface area is 199 Å². The Kier molecular flexibility index (Phi) is 4.95. The van der Waals surface area contributed by atoms with Crippen molar-refractivity contribution in [3.05, 3.63) is 89.2 Å². The lowest BCUT2D eigenvalue weighted by atomic mass is 10.2. The number of carbonyl (C=O) groups excluding carboxylic acids is 1. The summed E-state index contributed by atoms with van der Waals surface area (Å²) in [6, 6.07) is 19.1. The quantitative estimate of drug-likeness (QED) is 0.403. The zero-order valence-electron chi connectivity index (χ0n) is 18.5. The number of ether oxygens (including phenoxy) is 2. The molecule has 0 radical (unpaired) electrons. The van der Waals surface area contributed by atoms with Crippen LogP contribution in [0.2, 0.25) is 0 Å². The lowest BCUT2D eigenvalue weighted by molar-refractivity contribution is 0.0953. The maximum atomic E-state index is 13.4. The lowest BCUT2D eigenvalue weighted by Gasteiger charge is -2.09. The molecule has 0 unspecified atom stereocenters. The van der Waals surface area contributed by atoms with Gasteiger partial charge in [0.25, 0.3) is 5.91 Å². The maximum absolute atomic E-state index is 13.4. The molecular weight excluding hydrogens is 449 g/mol. The second kappa shape index (κ2) is 8.28. The second-order valence-corrected chi connectivity index (χ2v) is 8.23. The number of nitrogens with zero attached hydrogens (tertiary/aromatic N) is 3. The van der Waals surface area contributed by atoms with Gasteiger partial charge in [-0.2, -0.15) is 0 Å². The number of nitrogens with one attached hydrogen (secondary N) is 1. The number of para-hydroxylation sites is 2. The van der Waals surface area contributed by atoms with Gasteiger partial charge in [0, 0.05) is 6.54 Å². The molecule has 35 heavy (non-hydrogen) atoms. The topological polar surface area (TPSA) is 104 Å². The van der Waals surface area contributed by atoms with E-state index in [1.165, 1.54) is 12.1 Å². The summed E-state index contributed by atoms with van der Waals surface area (Å²) >= 11 is 0. The van der Waals surface area contributed by atoms with Crippen LogP contribution in [0.1, 0.15) is 21.5 Å². The molecule has 0 aliphatic carbocycles. The highest BCUT2D eigenvalue weighted by Gasteiger charge is 2.24. The Morgan fingerprint density at radius 2 is 1.69 bits per heavy atom. The number of nitrogens with two attached hydrogens (primary N) is 1. The van der Waals surface area contributed by atoms with E-state index in [0.717, 1.165) is 11.1 Å². The van der Waals surface area contributed by atoms with E-state index in [4.69, 9.17) is 25.2 Å². The molecule has 5 aromatic rings. The third-order valence-electron chi connectivity index (χ3n) is 5.96. The first-order valence-electron chi connectivity index (χ1n) is 11.0. The Morgan fingerprint density at radius 3 is 2.49 bits per heavy atom. The summed E-state index contributed by atoms with van der Waals surface area (Å²) < 4.78 is 25.9. The number of fused-ring (bicyclic) bond motifs is 3. The average Bonchev–Trinajstić information content (AvgIpc) is 3.44. The van der Waals surface area contributed by atoms with E-state index in [1.807, 2.05) is 42.5 Å². The van der Waals surface area contributed by atoms with E-state index >= 15 is 0 Å². The lowest BCUT2D eigenvalue weighted by Crippen LogP contribution is -2.24. The van der Waals surface area contributed by atoms with Crippen molar-refractivity contribution in [2.45, 2.75) is 13.1 Å². The molecule has 0 saturated heterocycles. The van der Waals surface area contributed by atoms with Crippen molar-refractivity contribution in [1.29, 1.82) is 0 Å². The van der Waals surface area contributed by atoms with E-state index in [9.17, 15) is 9.18 Å². The summed E-state index contributed by atoms with van der Waals surface area (Å²) in [4.78, 5) is 22.8. The predicted octanol–water partition coefficient (Wildman–Crippen LogP) is 4.01. The number of nitrogen functional groups attached to an aromatic ring is 1. The van der Waals surface area contributed by atoms with Crippen LogP contribution in [0.4, 0.5) is 10.2 Å². The minimum absolute atomic E-state index is 0.182. The molecule has 8 nitrogen and oxygen atoms in total. The molecule has 3 N–H and O–H groups in total. The summed E-state index contributed by atoms with van der Waals surface area (Å²) in [6.45, 7) is 0.757. The molecule has 0 fully saturated rings. The van der Waals surface area contributed by atoms with Gasteiger partial charge in [-0.25, -0.2) is 14.4 Å². The van der Waals surface area contributed by atoms with Crippen molar-refractivity contribution in [2.75, 3.05) is 12.5 Å². The van der Waals surface area contributed by atoms with Crippen molar-refractivity contribution >= 4 is 33.9 Å². The molecule has 1 aliphatic heterocycles. The summed E-state index contributed by atoms with van der Waals surface area (Å²) in [5.74, 6) is 0.865. The minimum atomic E-state index is -0.368. The van der Waals surface area contributed by atoms with Crippen LogP contribution in [-0.2, 0) is 13.1 Å². The van der Waals surface area contributed by atoms with Crippen LogP contribution in [0, 0.1) is 5.82 Å². The molecule has 0 bridgehead atoms. The van der Waals surface area contributed by atoms with Gasteiger partial charge in [0.05, 0.1) is 17.6 Å². The molecule has 0 saturated carbocycles. The zero-order valence-corrected chi connectivity index (χ0v) is 18.5. The smallest absolute Gasteiger partial charge is 0.257 e. The van der Waals surface area contributed by atoms with Gasteiger partial charge >= 0.3 is 0 Å². The van der Waals surface area contributed by atoms with E-state index in [-0.39, 0.29) is 36.4 Å². The van der Waals surface area contributed by atoms with Gasteiger partial charge in [-0.15, -0.1) is 0 Å². The first-order chi connectivity index (χ1) is 17.1. The molecule has 0 atom stereocenters. The largest absolute Gasteiger partial charge is 0.454 e. The minimum Gasteiger partial charge on any atom is -0.454 e. The van der Waals surface area contributed by atoms with Crippen LogP contribution in [0.5, 0.6) is 11.5 Å². The number of hydrogen-bond acceptors (Lipinski definition) is 6. The summed E-state index contributed by atoms with van der Waals surface area (Å²) in [5, 5.41) is 2.93. The Bertz CT molecular complexity index is 1600. The number of carbonyl (C=O) groups is 1. The van der Waals surface area contributed by atoms with Gasteiger partial charge in [-0.3, -0.25) is 4.79 Å². The third-order valence-corrected chi connectivity index (χ3v) is 5.96. The van der Waals surface area contributed by atoms with Crippen LogP contribution < -0.4 is 20.5 Å². The highest BCUT2D eigenvalue weighted by Crippen LogP contribution is 2.33. The Balaban J connectivity index is 1.39. The number of amides is 1. The van der Waals surface area contributed by atoms with Crippen LogP contribution >= 0.6 is 0 Å². The first kappa shape index (κ1) is 20.9. The molecule has 3 aromatic carbocycles. The number of benzene rings is 3. The van der Waals surface area contributed by atoms with Crippen molar-refractivity contribution in [3.63, 3.8) is 0 Å². The standard InChI is InChI=1S/C26H20FN5O3/c27-17-8-5-15(6-9-17)13-32-24(28)22(23-25(32)31-19-4-2-1-3-18(19)30-23)26(33)29-12-16-7-10-20-21(11-16)35-14-34-20/h1-11H,12-14,28H2,(H,29,33). The zero-order chi connectivity index (χ0) is 23.9. The van der Waals surface area contributed by atoms with E-state index in [2.05, 4.69) is 5.32 Å². The van der Waals surface area contributed by atoms with Crippen LogP contribution in [0.3, 0.4) is 0 Å². The number of hydrogen-bond donors (Lipinski definition) is 2.